The molecule has 2 aromatic rings. The Bertz CT molecular complexity index is 709. The van der Waals surface area contributed by atoms with Crippen molar-refractivity contribution in [1.82, 2.24) is 5.32 Å². The minimum Gasteiger partial charge on any atom is -0.352 e. The van der Waals surface area contributed by atoms with E-state index in [1.165, 1.54) is 0 Å². The molecule has 132 valence electrons. The number of aryl methyl sites for hydroxylation is 1. The molecule has 0 spiro atoms. The predicted molar refractivity (Wildman–Crippen MR) is 102 cm³/mol. The van der Waals surface area contributed by atoms with Gasteiger partial charge in [0.15, 0.2) is 0 Å². The van der Waals surface area contributed by atoms with Crippen molar-refractivity contribution in [3.05, 3.63) is 64.7 Å². The Morgan fingerprint density at radius 3 is 2.16 bits per heavy atom. The summed E-state index contributed by atoms with van der Waals surface area (Å²) >= 11 is 5.84. The van der Waals surface area contributed by atoms with Gasteiger partial charge in [-0.1, -0.05) is 49.7 Å². The summed E-state index contributed by atoms with van der Waals surface area (Å²) in [5, 5.41) is 6.44. The van der Waals surface area contributed by atoms with Gasteiger partial charge in [-0.3, -0.25) is 9.59 Å². The molecule has 2 rings (SSSR count). The molecule has 2 amide bonds. The fourth-order valence-electron chi connectivity index (χ4n) is 2.19. The van der Waals surface area contributed by atoms with Crippen molar-refractivity contribution in [3.8, 4) is 0 Å². The van der Waals surface area contributed by atoms with Crippen molar-refractivity contribution in [2.75, 3.05) is 5.32 Å². The number of rotatable bonds is 7. The molecule has 0 saturated carbocycles. The molecular formula is C20H23ClN2O2. The zero-order valence-electron chi connectivity index (χ0n) is 14.5. The zero-order valence-corrected chi connectivity index (χ0v) is 15.3. The molecule has 0 unspecified atom stereocenters. The molecule has 0 heterocycles. The Morgan fingerprint density at radius 2 is 1.56 bits per heavy atom. The van der Waals surface area contributed by atoms with Crippen molar-refractivity contribution in [2.24, 2.45) is 5.92 Å². The Morgan fingerprint density at radius 1 is 0.960 bits per heavy atom. The van der Waals surface area contributed by atoms with E-state index in [4.69, 9.17) is 11.6 Å². The highest BCUT2D eigenvalue weighted by molar-refractivity contribution is 6.30. The lowest BCUT2D eigenvalue weighted by molar-refractivity contribution is -0.121. The van der Waals surface area contributed by atoms with Gasteiger partial charge >= 0.3 is 0 Å². The second-order valence-electron chi connectivity index (χ2n) is 6.24. The molecule has 0 radical (unpaired) electrons. The van der Waals surface area contributed by atoms with Gasteiger partial charge < -0.3 is 10.6 Å². The van der Waals surface area contributed by atoms with Crippen LogP contribution in [0.5, 0.6) is 0 Å². The largest absolute Gasteiger partial charge is 0.352 e. The number of anilines is 1. The Labute approximate surface area is 153 Å². The lowest BCUT2D eigenvalue weighted by Crippen LogP contribution is -2.23. The maximum Gasteiger partial charge on any atom is 0.226 e. The fourth-order valence-corrected chi connectivity index (χ4v) is 2.32. The van der Waals surface area contributed by atoms with Crippen molar-refractivity contribution < 1.29 is 9.59 Å². The molecule has 2 aromatic carbocycles. The summed E-state index contributed by atoms with van der Waals surface area (Å²) in [5.41, 5.74) is 2.84. The van der Waals surface area contributed by atoms with Crippen LogP contribution in [0.25, 0.3) is 0 Å². The summed E-state index contributed by atoms with van der Waals surface area (Å²) in [6.07, 6.45) is 1.12. The van der Waals surface area contributed by atoms with Crippen LogP contribution >= 0.6 is 11.6 Å². The molecule has 0 bridgehead atoms. The third kappa shape index (κ3) is 6.59. The first-order chi connectivity index (χ1) is 11.9. The van der Waals surface area contributed by atoms with E-state index in [2.05, 4.69) is 10.6 Å². The number of hydrogen-bond donors (Lipinski definition) is 2. The van der Waals surface area contributed by atoms with Gasteiger partial charge in [0.2, 0.25) is 11.8 Å². The average molecular weight is 359 g/mol. The second kappa shape index (κ2) is 9.23. The highest BCUT2D eigenvalue weighted by Gasteiger charge is 2.07. The van der Waals surface area contributed by atoms with E-state index in [0.29, 0.717) is 24.4 Å². The van der Waals surface area contributed by atoms with E-state index in [-0.39, 0.29) is 17.7 Å². The smallest absolute Gasteiger partial charge is 0.226 e. The molecule has 2 N–H and O–H groups in total. The molecule has 0 aliphatic carbocycles. The lowest BCUT2D eigenvalue weighted by atomic mass is 10.1. The van der Waals surface area contributed by atoms with Gasteiger partial charge in [0, 0.05) is 29.6 Å². The van der Waals surface area contributed by atoms with Crippen LogP contribution in [0.4, 0.5) is 5.69 Å². The van der Waals surface area contributed by atoms with Crippen LogP contribution in [-0.4, -0.2) is 11.8 Å². The van der Waals surface area contributed by atoms with Gasteiger partial charge in [0.25, 0.3) is 0 Å². The quantitative estimate of drug-likeness (QED) is 0.779. The maximum atomic E-state index is 11.9. The fraction of sp³-hybridized carbons (Fsp3) is 0.300. The Hall–Kier alpha value is -2.33. The van der Waals surface area contributed by atoms with Crippen LogP contribution < -0.4 is 10.6 Å². The molecular weight excluding hydrogens is 336 g/mol. The van der Waals surface area contributed by atoms with E-state index >= 15 is 0 Å². The number of carbonyl (C=O) groups is 2. The standard InChI is InChI=1S/C20H23ClN2O2/c1-14(2)20(25)23-18-10-5-16(6-11-18)13-22-19(24)12-7-15-3-8-17(21)9-4-15/h3-6,8-11,14H,7,12-13H2,1-2H3,(H,22,24)(H,23,25). The first-order valence-corrected chi connectivity index (χ1v) is 8.73. The number of halogens is 1. The molecule has 5 heteroatoms. The zero-order chi connectivity index (χ0) is 18.2. The normalized spacial score (nSPS) is 10.6. The molecule has 0 aliphatic rings. The van der Waals surface area contributed by atoms with Crippen molar-refractivity contribution in [1.29, 1.82) is 0 Å². The van der Waals surface area contributed by atoms with Gasteiger partial charge in [0.1, 0.15) is 0 Å². The van der Waals surface area contributed by atoms with Crippen LogP contribution in [0.2, 0.25) is 5.02 Å². The lowest BCUT2D eigenvalue weighted by Gasteiger charge is -2.09. The second-order valence-corrected chi connectivity index (χ2v) is 6.68. The Balaban J connectivity index is 1.75. The van der Waals surface area contributed by atoms with Crippen molar-refractivity contribution in [2.45, 2.75) is 33.2 Å². The first kappa shape index (κ1) is 19.0. The summed E-state index contributed by atoms with van der Waals surface area (Å²) in [4.78, 5) is 23.6. The predicted octanol–water partition coefficient (Wildman–Crippen LogP) is 4.18. The SMILES string of the molecule is CC(C)C(=O)Nc1ccc(CNC(=O)CCc2ccc(Cl)cc2)cc1. The molecule has 0 atom stereocenters. The summed E-state index contributed by atoms with van der Waals surface area (Å²) < 4.78 is 0. The topological polar surface area (TPSA) is 58.2 Å². The maximum absolute atomic E-state index is 11.9. The van der Waals surface area contributed by atoms with Gasteiger partial charge in [-0.05, 0) is 41.8 Å². The highest BCUT2D eigenvalue weighted by Crippen LogP contribution is 2.12. The minimum atomic E-state index is -0.0559. The van der Waals surface area contributed by atoms with Gasteiger partial charge in [-0.15, -0.1) is 0 Å². The van der Waals surface area contributed by atoms with Crippen LogP contribution in [0, 0.1) is 5.92 Å². The molecule has 0 aromatic heterocycles. The third-order valence-corrected chi connectivity index (χ3v) is 4.04. The van der Waals surface area contributed by atoms with Crippen LogP contribution in [-0.2, 0) is 22.6 Å². The summed E-state index contributed by atoms with van der Waals surface area (Å²) in [6, 6.07) is 15.0. The van der Waals surface area contributed by atoms with E-state index in [1.54, 1.807) is 0 Å². The molecule has 0 saturated heterocycles. The van der Waals surface area contributed by atoms with Crippen molar-refractivity contribution in [3.63, 3.8) is 0 Å². The summed E-state index contributed by atoms with van der Waals surface area (Å²) in [7, 11) is 0. The number of benzene rings is 2. The number of carbonyl (C=O) groups excluding carboxylic acids is 2. The van der Waals surface area contributed by atoms with Gasteiger partial charge in [-0.2, -0.15) is 0 Å². The Kier molecular flexibility index (Phi) is 7.02. The first-order valence-electron chi connectivity index (χ1n) is 8.35. The number of hydrogen-bond acceptors (Lipinski definition) is 2. The van der Waals surface area contributed by atoms with Gasteiger partial charge in [-0.25, -0.2) is 0 Å². The highest BCUT2D eigenvalue weighted by atomic mass is 35.5. The summed E-state index contributed by atoms with van der Waals surface area (Å²) in [5.74, 6) is -0.0602. The molecule has 0 aliphatic heterocycles. The van der Waals surface area contributed by atoms with E-state index in [9.17, 15) is 9.59 Å². The van der Waals surface area contributed by atoms with Gasteiger partial charge in [0.05, 0.1) is 0 Å². The number of amides is 2. The average Bonchev–Trinajstić information content (AvgIpc) is 2.60. The van der Waals surface area contributed by atoms with E-state index < -0.39 is 0 Å². The van der Waals surface area contributed by atoms with E-state index in [0.717, 1.165) is 16.8 Å². The minimum absolute atomic E-state index is 0.00661. The summed E-state index contributed by atoms with van der Waals surface area (Å²) in [6.45, 7) is 4.17. The van der Waals surface area contributed by atoms with Crippen LogP contribution in [0.15, 0.2) is 48.5 Å². The van der Waals surface area contributed by atoms with E-state index in [1.807, 2.05) is 62.4 Å². The third-order valence-electron chi connectivity index (χ3n) is 3.79. The molecule has 25 heavy (non-hydrogen) atoms. The van der Waals surface area contributed by atoms with Crippen LogP contribution in [0.3, 0.4) is 0 Å². The van der Waals surface area contributed by atoms with Crippen LogP contribution in [0.1, 0.15) is 31.4 Å². The monoisotopic (exact) mass is 358 g/mol. The molecule has 0 fully saturated rings. The molecule has 4 nitrogen and oxygen atoms in total. The van der Waals surface area contributed by atoms with Crippen molar-refractivity contribution >= 4 is 29.1 Å². The number of nitrogens with one attached hydrogen (secondary N) is 2.